The predicted molar refractivity (Wildman–Crippen MR) is 103 cm³/mol. The number of carbonyl (C=O) groups is 1. The van der Waals surface area contributed by atoms with Crippen LogP contribution in [0.25, 0.3) is 22.4 Å². The number of aromatic amines is 1. The van der Waals surface area contributed by atoms with Crippen LogP contribution in [-0.2, 0) is 4.79 Å². The van der Waals surface area contributed by atoms with Crippen molar-refractivity contribution >= 4 is 35.0 Å². The molecule has 0 saturated carbocycles. The molecule has 1 atom stereocenters. The highest BCUT2D eigenvalue weighted by Gasteiger charge is 2.18. The maximum atomic E-state index is 12.3. The molecule has 3 aromatic rings. The molecule has 130 valence electrons. The molecule has 4 rings (SSSR count). The summed E-state index contributed by atoms with van der Waals surface area (Å²) >= 11 is 0. The molecule has 0 radical (unpaired) electrons. The molecule has 1 aromatic heterocycles. The Morgan fingerprint density at radius 1 is 1.16 bits per heavy atom. The van der Waals surface area contributed by atoms with Gasteiger partial charge in [-0.25, -0.2) is 4.98 Å². The first-order valence-electron chi connectivity index (χ1n) is 8.37. The third-order valence-electron chi connectivity index (χ3n) is 4.44. The van der Waals surface area contributed by atoms with Crippen molar-refractivity contribution in [2.75, 3.05) is 11.9 Å². The largest absolute Gasteiger partial charge is 0.338 e. The molecule has 5 nitrogen and oxygen atoms in total. The second kappa shape index (κ2) is 7.68. The molecule has 25 heavy (non-hydrogen) atoms. The highest BCUT2D eigenvalue weighted by molar-refractivity contribution is 5.95. The van der Waals surface area contributed by atoms with E-state index >= 15 is 0 Å². The van der Waals surface area contributed by atoms with Crippen molar-refractivity contribution < 1.29 is 4.79 Å². The van der Waals surface area contributed by atoms with Crippen LogP contribution in [0.2, 0.25) is 0 Å². The van der Waals surface area contributed by atoms with E-state index < -0.39 is 0 Å². The average Bonchev–Trinajstić information content (AvgIpc) is 3.24. The van der Waals surface area contributed by atoms with Crippen molar-refractivity contribution in [2.24, 2.45) is 0 Å². The molecule has 0 bridgehead atoms. The van der Waals surface area contributed by atoms with Gasteiger partial charge in [-0.1, -0.05) is 24.3 Å². The van der Waals surface area contributed by atoms with E-state index in [0.29, 0.717) is 12.5 Å². The number of rotatable bonds is 4. The number of para-hydroxylation sites is 3. The highest BCUT2D eigenvalue weighted by atomic mass is 35.5. The first-order valence-corrected chi connectivity index (χ1v) is 8.37. The maximum Gasteiger partial charge on any atom is 0.225 e. The Morgan fingerprint density at radius 2 is 1.96 bits per heavy atom. The van der Waals surface area contributed by atoms with Gasteiger partial charge in [0.2, 0.25) is 5.91 Å². The first-order chi connectivity index (χ1) is 11.8. The molecule has 2 heterocycles. The number of hydrogen-bond acceptors (Lipinski definition) is 3. The summed E-state index contributed by atoms with van der Waals surface area (Å²) in [6.45, 7) is 1.01. The fraction of sp³-hybridized carbons (Fsp3) is 0.263. The Balaban J connectivity index is 0.00000182. The SMILES string of the molecule is Cl.O=C(CC1CCCN1)Nc1ccccc1-c1nc2ccccc2[nH]1. The van der Waals surface area contributed by atoms with Crippen molar-refractivity contribution in [1.82, 2.24) is 15.3 Å². The molecular weight excluding hydrogens is 336 g/mol. The summed E-state index contributed by atoms with van der Waals surface area (Å²) in [4.78, 5) is 20.3. The molecule has 1 unspecified atom stereocenters. The van der Waals surface area contributed by atoms with Gasteiger partial charge in [0.15, 0.2) is 0 Å². The van der Waals surface area contributed by atoms with Crippen molar-refractivity contribution in [1.29, 1.82) is 0 Å². The number of anilines is 1. The zero-order valence-electron chi connectivity index (χ0n) is 13.8. The molecule has 0 aliphatic carbocycles. The van der Waals surface area contributed by atoms with Crippen LogP contribution in [0, 0.1) is 0 Å². The van der Waals surface area contributed by atoms with Gasteiger partial charge in [-0.3, -0.25) is 4.79 Å². The predicted octanol–water partition coefficient (Wildman–Crippen LogP) is 3.73. The smallest absolute Gasteiger partial charge is 0.225 e. The van der Waals surface area contributed by atoms with Gasteiger partial charge in [-0.05, 0) is 43.7 Å². The number of carbonyl (C=O) groups excluding carboxylic acids is 1. The minimum atomic E-state index is 0. The number of fused-ring (bicyclic) bond motifs is 1. The number of amides is 1. The molecule has 1 fully saturated rings. The number of benzene rings is 2. The maximum absolute atomic E-state index is 12.3. The lowest BCUT2D eigenvalue weighted by molar-refractivity contribution is -0.116. The fourth-order valence-corrected chi connectivity index (χ4v) is 3.23. The third kappa shape index (κ3) is 3.83. The number of aromatic nitrogens is 2. The average molecular weight is 357 g/mol. The topological polar surface area (TPSA) is 69.8 Å². The monoisotopic (exact) mass is 356 g/mol. The number of nitrogens with one attached hydrogen (secondary N) is 3. The van der Waals surface area contributed by atoms with Crippen molar-refractivity contribution in [3.8, 4) is 11.4 Å². The van der Waals surface area contributed by atoms with E-state index in [1.54, 1.807) is 0 Å². The molecular formula is C19H21ClN4O. The molecule has 1 aliphatic rings. The van der Waals surface area contributed by atoms with Crippen molar-refractivity contribution in [2.45, 2.75) is 25.3 Å². The number of nitrogens with zero attached hydrogens (tertiary/aromatic N) is 1. The lowest BCUT2D eigenvalue weighted by Crippen LogP contribution is -2.27. The summed E-state index contributed by atoms with van der Waals surface area (Å²) < 4.78 is 0. The van der Waals surface area contributed by atoms with Crippen LogP contribution in [0.3, 0.4) is 0 Å². The van der Waals surface area contributed by atoms with Gasteiger partial charge in [-0.2, -0.15) is 0 Å². The van der Waals surface area contributed by atoms with E-state index in [0.717, 1.165) is 47.5 Å². The number of halogens is 1. The van der Waals surface area contributed by atoms with Crippen LogP contribution in [-0.4, -0.2) is 28.5 Å². The Labute approximate surface area is 152 Å². The van der Waals surface area contributed by atoms with Crippen LogP contribution < -0.4 is 10.6 Å². The van der Waals surface area contributed by atoms with Crippen LogP contribution in [0.4, 0.5) is 5.69 Å². The van der Waals surface area contributed by atoms with Crippen LogP contribution >= 0.6 is 12.4 Å². The van der Waals surface area contributed by atoms with E-state index in [4.69, 9.17) is 0 Å². The standard InChI is InChI=1S/C19H20N4O.ClH/c24-18(12-13-6-5-11-20-13)21-15-8-2-1-7-14(15)19-22-16-9-3-4-10-17(16)23-19;/h1-4,7-10,13,20H,5-6,11-12H2,(H,21,24)(H,22,23);1H. The fourth-order valence-electron chi connectivity index (χ4n) is 3.23. The molecule has 1 aliphatic heterocycles. The van der Waals surface area contributed by atoms with Gasteiger partial charge in [0, 0.05) is 18.0 Å². The summed E-state index contributed by atoms with van der Waals surface area (Å²) in [5, 5.41) is 6.40. The van der Waals surface area contributed by atoms with Crippen LogP contribution in [0.1, 0.15) is 19.3 Å². The molecule has 1 amide bonds. The van der Waals surface area contributed by atoms with Crippen molar-refractivity contribution in [3.05, 3.63) is 48.5 Å². The molecule has 2 aromatic carbocycles. The summed E-state index contributed by atoms with van der Waals surface area (Å²) in [5.74, 6) is 0.809. The summed E-state index contributed by atoms with van der Waals surface area (Å²) in [7, 11) is 0. The van der Waals surface area contributed by atoms with E-state index in [1.165, 1.54) is 0 Å². The second-order valence-corrected chi connectivity index (χ2v) is 6.19. The van der Waals surface area contributed by atoms with Gasteiger partial charge >= 0.3 is 0 Å². The van der Waals surface area contributed by atoms with E-state index in [2.05, 4.69) is 20.6 Å². The highest BCUT2D eigenvalue weighted by Crippen LogP contribution is 2.27. The van der Waals surface area contributed by atoms with Gasteiger partial charge < -0.3 is 15.6 Å². The van der Waals surface area contributed by atoms with Gasteiger partial charge in [0.25, 0.3) is 0 Å². The second-order valence-electron chi connectivity index (χ2n) is 6.19. The Morgan fingerprint density at radius 3 is 2.76 bits per heavy atom. The zero-order chi connectivity index (χ0) is 16.4. The minimum Gasteiger partial charge on any atom is -0.338 e. The molecule has 1 saturated heterocycles. The minimum absolute atomic E-state index is 0. The summed E-state index contributed by atoms with van der Waals surface area (Å²) in [6, 6.07) is 16.0. The number of H-pyrrole nitrogens is 1. The first kappa shape index (κ1) is 17.5. The quantitative estimate of drug-likeness (QED) is 0.667. The van der Waals surface area contributed by atoms with Crippen LogP contribution in [0.15, 0.2) is 48.5 Å². The summed E-state index contributed by atoms with van der Waals surface area (Å²) in [5.41, 5.74) is 3.61. The van der Waals surface area contributed by atoms with Gasteiger partial charge in [0.05, 0.1) is 16.7 Å². The van der Waals surface area contributed by atoms with Crippen LogP contribution in [0.5, 0.6) is 0 Å². The van der Waals surface area contributed by atoms with Gasteiger partial charge in [0.1, 0.15) is 5.82 Å². The van der Waals surface area contributed by atoms with E-state index in [9.17, 15) is 4.79 Å². The lowest BCUT2D eigenvalue weighted by Gasteiger charge is -2.12. The van der Waals surface area contributed by atoms with Crippen molar-refractivity contribution in [3.63, 3.8) is 0 Å². The molecule has 6 heteroatoms. The van der Waals surface area contributed by atoms with Gasteiger partial charge in [-0.15, -0.1) is 12.4 Å². The Kier molecular flexibility index (Phi) is 5.36. The Hall–Kier alpha value is -2.37. The summed E-state index contributed by atoms with van der Waals surface area (Å²) in [6.07, 6.45) is 2.72. The zero-order valence-corrected chi connectivity index (χ0v) is 14.6. The molecule has 0 spiro atoms. The normalized spacial score (nSPS) is 16.6. The Bertz CT molecular complexity index is 837. The van der Waals surface area contributed by atoms with E-state index in [1.807, 2.05) is 48.5 Å². The lowest BCUT2D eigenvalue weighted by atomic mass is 10.1. The number of imidazole rings is 1. The number of hydrogen-bond donors (Lipinski definition) is 3. The molecule has 3 N–H and O–H groups in total. The third-order valence-corrected chi connectivity index (χ3v) is 4.44. The van der Waals surface area contributed by atoms with E-state index in [-0.39, 0.29) is 18.3 Å².